The van der Waals surface area contributed by atoms with Crippen molar-refractivity contribution in [2.75, 3.05) is 5.32 Å². The number of anilines is 1. The first-order chi connectivity index (χ1) is 13.7. The Hall–Kier alpha value is -2.93. The zero-order valence-electron chi connectivity index (χ0n) is 16.2. The van der Waals surface area contributed by atoms with Gasteiger partial charge in [-0.05, 0) is 49.2 Å². The van der Waals surface area contributed by atoms with E-state index in [1.54, 1.807) is 38.1 Å². The average Bonchev–Trinajstić information content (AvgIpc) is 2.67. The summed E-state index contributed by atoms with van der Waals surface area (Å²) in [5.41, 5.74) is 0.599. The van der Waals surface area contributed by atoms with E-state index in [0.29, 0.717) is 5.69 Å². The summed E-state index contributed by atoms with van der Waals surface area (Å²) in [5.74, 6) is -2.57. The number of carbonyl (C=O) groups is 3. The molecule has 0 bridgehead atoms. The lowest BCUT2D eigenvalue weighted by atomic mass is 10.0. The Bertz CT molecular complexity index is 887. The molecule has 6 nitrogen and oxygen atoms in total. The van der Waals surface area contributed by atoms with Crippen LogP contribution in [0.15, 0.2) is 48.5 Å². The van der Waals surface area contributed by atoms with Gasteiger partial charge in [0.15, 0.2) is 6.10 Å². The van der Waals surface area contributed by atoms with Gasteiger partial charge in [0, 0.05) is 5.69 Å². The van der Waals surface area contributed by atoms with Crippen LogP contribution in [-0.4, -0.2) is 29.9 Å². The molecule has 0 fully saturated rings. The highest BCUT2D eigenvalue weighted by Crippen LogP contribution is 2.16. The third kappa shape index (κ3) is 6.29. The molecule has 2 rings (SSSR count). The van der Waals surface area contributed by atoms with Crippen molar-refractivity contribution in [3.63, 3.8) is 0 Å². The average molecular weight is 421 g/mol. The summed E-state index contributed by atoms with van der Waals surface area (Å²) in [7, 11) is 0. The monoisotopic (exact) mass is 420 g/mol. The third-order valence-corrected chi connectivity index (χ3v) is 4.43. The number of benzene rings is 2. The highest BCUT2D eigenvalue weighted by molar-refractivity contribution is 6.33. The van der Waals surface area contributed by atoms with E-state index in [1.165, 1.54) is 31.2 Å². The van der Waals surface area contributed by atoms with Gasteiger partial charge in [-0.1, -0.05) is 37.6 Å². The number of rotatable bonds is 7. The molecule has 8 heteroatoms. The van der Waals surface area contributed by atoms with E-state index in [1.807, 2.05) is 0 Å². The molecule has 0 aromatic heterocycles. The van der Waals surface area contributed by atoms with Crippen molar-refractivity contribution in [2.45, 2.75) is 32.9 Å². The van der Waals surface area contributed by atoms with E-state index in [2.05, 4.69) is 10.6 Å². The van der Waals surface area contributed by atoms with E-state index in [-0.39, 0.29) is 16.5 Å². The zero-order valence-corrected chi connectivity index (χ0v) is 17.0. The zero-order chi connectivity index (χ0) is 21.6. The quantitative estimate of drug-likeness (QED) is 0.667. The molecule has 154 valence electrons. The molecule has 2 aromatic rings. The topological polar surface area (TPSA) is 84.5 Å². The Morgan fingerprint density at radius 2 is 1.62 bits per heavy atom. The smallest absolute Gasteiger partial charge is 0.329 e. The lowest BCUT2D eigenvalue weighted by molar-refractivity contribution is -0.156. The molecule has 2 atom stereocenters. The van der Waals surface area contributed by atoms with Gasteiger partial charge in [0.25, 0.3) is 11.8 Å². The molecule has 2 aromatic carbocycles. The van der Waals surface area contributed by atoms with Gasteiger partial charge in [-0.3, -0.25) is 9.59 Å². The maximum Gasteiger partial charge on any atom is 0.329 e. The van der Waals surface area contributed by atoms with Gasteiger partial charge in [-0.15, -0.1) is 0 Å². The van der Waals surface area contributed by atoms with Crippen LogP contribution in [0.5, 0.6) is 0 Å². The fourth-order valence-electron chi connectivity index (χ4n) is 2.44. The number of esters is 1. The van der Waals surface area contributed by atoms with Gasteiger partial charge in [0.05, 0.1) is 10.6 Å². The van der Waals surface area contributed by atoms with Gasteiger partial charge < -0.3 is 15.4 Å². The molecule has 0 aliphatic heterocycles. The summed E-state index contributed by atoms with van der Waals surface area (Å²) in [5, 5.41) is 5.39. The molecule has 0 heterocycles. The van der Waals surface area contributed by atoms with Crippen molar-refractivity contribution in [1.82, 2.24) is 5.32 Å². The minimum atomic E-state index is -1.12. The Kier molecular flexibility index (Phi) is 7.73. The van der Waals surface area contributed by atoms with Crippen LogP contribution in [0.25, 0.3) is 0 Å². The van der Waals surface area contributed by atoms with E-state index >= 15 is 0 Å². The van der Waals surface area contributed by atoms with Crippen molar-refractivity contribution in [3.8, 4) is 0 Å². The molecule has 2 N–H and O–H groups in total. The Morgan fingerprint density at radius 3 is 2.21 bits per heavy atom. The van der Waals surface area contributed by atoms with Crippen molar-refractivity contribution in [3.05, 3.63) is 64.9 Å². The van der Waals surface area contributed by atoms with Crippen molar-refractivity contribution in [1.29, 1.82) is 0 Å². The number of carbonyl (C=O) groups excluding carboxylic acids is 3. The predicted molar refractivity (Wildman–Crippen MR) is 108 cm³/mol. The fraction of sp³-hybridized carbons (Fsp3) is 0.286. The minimum absolute atomic E-state index is 0.231. The Morgan fingerprint density at radius 1 is 1.00 bits per heavy atom. The maximum absolute atomic E-state index is 12.9. The fourth-order valence-corrected chi connectivity index (χ4v) is 2.66. The summed E-state index contributed by atoms with van der Waals surface area (Å²) < 4.78 is 18.2. The van der Waals surface area contributed by atoms with Gasteiger partial charge in [0.1, 0.15) is 11.9 Å². The van der Waals surface area contributed by atoms with Gasteiger partial charge >= 0.3 is 5.97 Å². The second-order valence-corrected chi connectivity index (χ2v) is 7.16. The highest BCUT2D eigenvalue weighted by Gasteiger charge is 2.29. The van der Waals surface area contributed by atoms with Crippen molar-refractivity contribution < 1.29 is 23.5 Å². The molecule has 0 unspecified atom stereocenters. The first-order valence-corrected chi connectivity index (χ1v) is 9.39. The predicted octanol–water partition coefficient (Wildman–Crippen LogP) is 3.80. The Balaban J connectivity index is 2.01. The molecular weight excluding hydrogens is 399 g/mol. The summed E-state index contributed by atoms with van der Waals surface area (Å²) in [6, 6.07) is 10.7. The van der Waals surface area contributed by atoms with E-state index in [9.17, 15) is 18.8 Å². The second kappa shape index (κ2) is 10.0. The maximum atomic E-state index is 12.9. The molecular formula is C21H22ClFN2O4. The van der Waals surface area contributed by atoms with Crippen LogP contribution in [0.1, 0.15) is 31.1 Å². The summed E-state index contributed by atoms with van der Waals surface area (Å²) in [4.78, 5) is 37.2. The first-order valence-electron chi connectivity index (χ1n) is 9.01. The summed E-state index contributed by atoms with van der Waals surface area (Å²) >= 11 is 6.02. The Labute approximate surface area is 173 Å². The van der Waals surface area contributed by atoms with Crippen LogP contribution in [0.2, 0.25) is 5.02 Å². The number of hydrogen-bond donors (Lipinski definition) is 2. The van der Waals surface area contributed by atoms with Crippen LogP contribution in [0, 0.1) is 11.7 Å². The van der Waals surface area contributed by atoms with Gasteiger partial charge in [-0.25, -0.2) is 9.18 Å². The van der Waals surface area contributed by atoms with Crippen molar-refractivity contribution in [2.24, 2.45) is 5.92 Å². The second-order valence-electron chi connectivity index (χ2n) is 6.75. The van der Waals surface area contributed by atoms with Crippen LogP contribution in [0.4, 0.5) is 10.1 Å². The largest absolute Gasteiger partial charge is 0.451 e. The third-order valence-electron chi connectivity index (χ3n) is 4.10. The molecule has 0 spiro atoms. The van der Waals surface area contributed by atoms with Gasteiger partial charge in [-0.2, -0.15) is 0 Å². The molecule has 0 aliphatic carbocycles. The number of nitrogens with one attached hydrogen (secondary N) is 2. The molecule has 0 radical (unpaired) electrons. The van der Waals surface area contributed by atoms with Crippen LogP contribution in [-0.2, 0) is 14.3 Å². The van der Waals surface area contributed by atoms with Crippen molar-refractivity contribution >= 4 is 35.1 Å². The highest BCUT2D eigenvalue weighted by atomic mass is 35.5. The molecule has 0 aliphatic rings. The van der Waals surface area contributed by atoms with Gasteiger partial charge in [0.2, 0.25) is 0 Å². The SMILES string of the molecule is CC(C)[C@H](NC(=O)c1ccccc1Cl)C(=O)O[C@H](C)C(=O)Nc1ccc(F)cc1. The van der Waals surface area contributed by atoms with Crippen LogP contribution < -0.4 is 10.6 Å². The number of halogens is 2. The molecule has 0 saturated heterocycles. The molecule has 29 heavy (non-hydrogen) atoms. The lowest BCUT2D eigenvalue weighted by Gasteiger charge is -2.23. The lowest BCUT2D eigenvalue weighted by Crippen LogP contribution is -2.47. The normalized spacial score (nSPS) is 12.8. The standard InChI is InChI=1S/C21H22ClFN2O4/c1-12(2)18(25-20(27)16-6-4-5-7-17(16)22)21(28)29-13(3)19(26)24-15-10-8-14(23)9-11-15/h4-13,18H,1-3H3,(H,24,26)(H,25,27)/t13-,18+/m1/s1. The number of ether oxygens (including phenoxy) is 1. The van der Waals surface area contributed by atoms with E-state index < -0.39 is 35.7 Å². The summed E-state index contributed by atoms with van der Waals surface area (Å²) in [6.45, 7) is 4.88. The molecule has 0 saturated carbocycles. The van der Waals surface area contributed by atoms with Crippen LogP contribution >= 0.6 is 11.6 Å². The first kappa shape index (κ1) is 22.4. The van der Waals surface area contributed by atoms with Crippen LogP contribution in [0.3, 0.4) is 0 Å². The number of amides is 2. The summed E-state index contributed by atoms with van der Waals surface area (Å²) in [6.07, 6.45) is -1.12. The van der Waals surface area contributed by atoms with E-state index in [0.717, 1.165) is 0 Å². The number of hydrogen-bond acceptors (Lipinski definition) is 4. The molecule has 2 amide bonds. The minimum Gasteiger partial charge on any atom is -0.451 e. The van der Waals surface area contributed by atoms with E-state index in [4.69, 9.17) is 16.3 Å².